The summed E-state index contributed by atoms with van der Waals surface area (Å²) in [6, 6.07) is 13.8. The number of nitrogens with zero attached hydrogens (tertiary/aromatic N) is 3. The van der Waals surface area contributed by atoms with Crippen molar-refractivity contribution in [1.29, 1.82) is 0 Å². The molecular weight excluding hydrogens is 353 g/mol. The molecule has 0 aliphatic rings. The molecule has 0 fully saturated rings. The van der Waals surface area contributed by atoms with Crippen LogP contribution in [0.4, 0.5) is 4.39 Å². The lowest BCUT2D eigenvalue weighted by Gasteiger charge is -2.06. The molecule has 0 radical (unpaired) electrons. The molecule has 0 spiro atoms. The van der Waals surface area contributed by atoms with E-state index in [4.69, 9.17) is 16.3 Å². The van der Waals surface area contributed by atoms with Gasteiger partial charge in [-0.05, 0) is 30.3 Å². The Labute approximate surface area is 156 Å². The molecule has 3 rings (SSSR count). The van der Waals surface area contributed by atoms with Crippen LogP contribution in [0.5, 0.6) is 5.75 Å². The summed E-state index contributed by atoms with van der Waals surface area (Å²) in [4.78, 5) is 8.38. The second-order valence-corrected chi connectivity index (χ2v) is 5.92. The minimum absolute atomic E-state index is 0.323. The zero-order valence-corrected chi connectivity index (χ0v) is 14.9. The van der Waals surface area contributed by atoms with Crippen LogP contribution in [0.2, 0.25) is 5.02 Å². The van der Waals surface area contributed by atoms with Crippen LogP contribution >= 0.6 is 11.6 Å². The van der Waals surface area contributed by atoms with Crippen LogP contribution in [0.1, 0.15) is 11.3 Å². The summed E-state index contributed by atoms with van der Waals surface area (Å²) >= 11 is 6.16. The molecule has 0 bridgehead atoms. The van der Waals surface area contributed by atoms with Gasteiger partial charge >= 0.3 is 0 Å². The van der Waals surface area contributed by atoms with Crippen LogP contribution < -0.4 is 4.74 Å². The molecule has 0 unspecified atom stereocenters. The highest BCUT2D eigenvalue weighted by molar-refractivity contribution is 6.34. The van der Waals surface area contributed by atoms with Crippen LogP contribution in [0, 0.1) is 5.82 Å². The van der Waals surface area contributed by atoms with E-state index >= 15 is 0 Å². The van der Waals surface area contributed by atoms with Gasteiger partial charge < -0.3 is 9.30 Å². The second-order valence-electron chi connectivity index (χ2n) is 5.51. The molecule has 2 aromatic carbocycles. The third kappa shape index (κ3) is 4.58. The lowest BCUT2D eigenvalue weighted by Crippen LogP contribution is -1.95. The monoisotopic (exact) mass is 369 g/mol. The molecule has 3 aromatic rings. The maximum Gasteiger partial charge on any atom is 0.132 e. The summed E-state index contributed by atoms with van der Waals surface area (Å²) in [5.41, 5.74) is 2.21. The van der Waals surface area contributed by atoms with Gasteiger partial charge in [0.1, 0.15) is 18.2 Å². The van der Waals surface area contributed by atoms with Gasteiger partial charge in [-0.15, -0.1) is 0 Å². The molecule has 132 valence electrons. The van der Waals surface area contributed by atoms with Crippen molar-refractivity contribution < 1.29 is 9.13 Å². The van der Waals surface area contributed by atoms with Crippen LogP contribution in [0.25, 0.3) is 11.8 Å². The van der Waals surface area contributed by atoms with Crippen molar-refractivity contribution in [1.82, 2.24) is 9.55 Å². The van der Waals surface area contributed by atoms with Gasteiger partial charge in [0, 0.05) is 36.8 Å². The van der Waals surface area contributed by atoms with Crippen molar-refractivity contribution in [3.63, 3.8) is 0 Å². The van der Waals surface area contributed by atoms with Crippen molar-refractivity contribution >= 4 is 29.6 Å². The molecule has 0 amide bonds. The van der Waals surface area contributed by atoms with E-state index in [2.05, 4.69) is 9.98 Å². The first-order chi connectivity index (χ1) is 12.7. The molecule has 0 atom stereocenters. The third-order valence-electron chi connectivity index (χ3n) is 3.58. The fraction of sp³-hybridized carbons (Fsp3) is 0.100. The Hall–Kier alpha value is -2.92. The Morgan fingerprint density at radius 3 is 2.81 bits per heavy atom. The van der Waals surface area contributed by atoms with Gasteiger partial charge in [-0.25, -0.2) is 9.37 Å². The van der Waals surface area contributed by atoms with E-state index in [1.807, 2.05) is 42.7 Å². The van der Waals surface area contributed by atoms with Crippen LogP contribution in [-0.2, 0) is 6.61 Å². The first-order valence-electron chi connectivity index (χ1n) is 7.95. The summed E-state index contributed by atoms with van der Waals surface area (Å²) in [6.07, 6.45) is 7.01. The number of rotatable bonds is 6. The smallest absolute Gasteiger partial charge is 0.132 e. The molecule has 0 saturated heterocycles. The first-order valence-corrected chi connectivity index (χ1v) is 8.33. The lowest BCUT2D eigenvalue weighted by molar-refractivity contribution is 0.302. The number of para-hydroxylation sites is 1. The largest absolute Gasteiger partial charge is 0.487 e. The van der Waals surface area contributed by atoms with Gasteiger partial charge in [-0.2, -0.15) is 0 Å². The normalized spacial score (nSPS) is 11.9. The van der Waals surface area contributed by atoms with Crippen LogP contribution in [0.15, 0.2) is 66.0 Å². The average Bonchev–Trinajstić information content (AvgIpc) is 3.08. The van der Waals surface area contributed by atoms with Gasteiger partial charge in [0.15, 0.2) is 0 Å². The highest BCUT2D eigenvalue weighted by Crippen LogP contribution is 2.24. The molecule has 1 heterocycles. The molecule has 26 heavy (non-hydrogen) atoms. The Morgan fingerprint density at radius 1 is 1.27 bits per heavy atom. The van der Waals surface area contributed by atoms with Crippen molar-refractivity contribution in [3.05, 3.63) is 83.2 Å². The molecule has 1 aromatic heterocycles. The second kappa shape index (κ2) is 8.45. The van der Waals surface area contributed by atoms with Crippen molar-refractivity contribution in [2.45, 2.75) is 6.61 Å². The van der Waals surface area contributed by atoms with Gasteiger partial charge in [0.2, 0.25) is 0 Å². The number of benzene rings is 2. The van der Waals surface area contributed by atoms with E-state index < -0.39 is 0 Å². The van der Waals surface area contributed by atoms with Crippen molar-refractivity contribution in [3.8, 4) is 5.75 Å². The van der Waals surface area contributed by atoms with E-state index in [1.54, 1.807) is 30.2 Å². The van der Waals surface area contributed by atoms with E-state index in [9.17, 15) is 4.39 Å². The fourth-order valence-corrected chi connectivity index (χ4v) is 2.67. The van der Waals surface area contributed by atoms with Gasteiger partial charge in [-0.1, -0.05) is 29.8 Å². The van der Waals surface area contributed by atoms with Crippen LogP contribution in [0.3, 0.4) is 0 Å². The summed E-state index contributed by atoms with van der Waals surface area (Å²) in [5, 5.41) is 0.323. The minimum atomic E-state index is -0.380. The number of ether oxygens (including phenoxy) is 1. The molecule has 6 heteroatoms. The van der Waals surface area contributed by atoms with Crippen molar-refractivity contribution in [2.24, 2.45) is 4.99 Å². The van der Waals surface area contributed by atoms with Gasteiger partial charge in [-0.3, -0.25) is 4.99 Å². The van der Waals surface area contributed by atoms with E-state index in [-0.39, 0.29) is 5.82 Å². The van der Waals surface area contributed by atoms with Gasteiger partial charge in [0.05, 0.1) is 17.0 Å². The van der Waals surface area contributed by atoms with Crippen molar-refractivity contribution in [2.75, 3.05) is 7.05 Å². The van der Waals surface area contributed by atoms with Crippen LogP contribution in [-0.4, -0.2) is 22.8 Å². The first kappa shape index (κ1) is 17.9. The van der Waals surface area contributed by atoms with E-state index in [0.29, 0.717) is 17.2 Å². The Bertz CT molecular complexity index is 935. The Morgan fingerprint density at radius 2 is 2.08 bits per heavy atom. The highest BCUT2D eigenvalue weighted by atomic mass is 35.5. The zero-order valence-electron chi connectivity index (χ0n) is 14.1. The quantitative estimate of drug-likeness (QED) is 0.576. The summed E-state index contributed by atoms with van der Waals surface area (Å²) in [6.45, 7) is 0.360. The predicted octanol–water partition coefficient (Wildman–Crippen LogP) is 4.95. The number of hydrogen-bond donors (Lipinski definition) is 0. The van der Waals surface area contributed by atoms with Gasteiger partial charge in [0.25, 0.3) is 0 Å². The Kier molecular flexibility index (Phi) is 5.81. The summed E-state index contributed by atoms with van der Waals surface area (Å²) < 4.78 is 20.8. The lowest BCUT2D eigenvalue weighted by atomic mass is 10.1. The maximum atomic E-state index is 13.3. The predicted molar refractivity (Wildman–Crippen MR) is 103 cm³/mol. The van der Waals surface area contributed by atoms with E-state index in [0.717, 1.165) is 17.0 Å². The maximum absolute atomic E-state index is 13.3. The number of allylic oxidation sites excluding steroid dienone is 1. The molecular formula is C20H17ClFN3O. The number of imidazole rings is 1. The summed E-state index contributed by atoms with van der Waals surface area (Å²) in [5.74, 6) is 0.406. The number of aromatic nitrogens is 2. The molecule has 0 aliphatic heterocycles. The molecule has 4 nitrogen and oxygen atoms in total. The SMILES string of the molecule is CN=C/C(=C\n1cnc(COc2ccccc2)c1)c1ccc(F)cc1Cl. The number of aliphatic imine (C=N–C) groups is 1. The molecule has 0 saturated carbocycles. The molecule has 0 N–H and O–H groups in total. The average molecular weight is 370 g/mol. The number of hydrogen-bond acceptors (Lipinski definition) is 3. The standard InChI is InChI=1S/C20H17ClFN3O/c1-23-10-15(19-8-7-16(22)9-20(19)21)11-25-12-17(24-14-25)13-26-18-5-3-2-4-6-18/h2-12,14H,13H2,1H3/b15-11+,23-10?. The Balaban J connectivity index is 1.79. The van der Waals surface area contributed by atoms with E-state index in [1.165, 1.54) is 12.1 Å². The topological polar surface area (TPSA) is 39.4 Å². The highest BCUT2D eigenvalue weighted by Gasteiger charge is 2.07. The molecule has 0 aliphatic carbocycles. The fourth-order valence-electron chi connectivity index (χ4n) is 2.39. The zero-order chi connectivity index (χ0) is 18.4. The third-order valence-corrected chi connectivity index (χ3v) is 3.90. The minimum Gasteiger partial charge on any atom is -0.487 e. The number of halogens is 2. The summed E-state index contributed by atoms with van der Waals surface area (Å²) in [7, 11) is 1.66.